The van der Waals surface area contributed by atoms with Crippen LogP contribution in [-0.4, -0.2) is 35.5 Å². The number of phenols is 1. The van der Waals surface area contributed by atoms with Gasteiger partial charge in [-0.05, 0) is 42.6 Å². The molecule has 2 amide bonds. The molecule has 0 saturated heterocycles. The van der Waals surface area contributed by atoms with Crippen LogP contribution >= 0.6 is 0 Å². The van der Waals surface area contributed by atoms with E-state index in [1.165, 1.54) is 43.4 Å². The van der Waals surface area contributed by atoms with Gasteiger partial charge in [0, 0.05) is 35.8 Å². The number of carbonyl (C=O) groups excluding carboxylic acids is 2. The van der Waals surface area contributed by atoms with E-state index in [0.29, 0.717) is 28.7 Å². The lowest BCUT2D eigenvalue weighted by atomic mass is 10.0. The molecular weight excluding hydrogens is 490 g/mol. The Morgan fingerprint density at radius 3 is 2.53 bits per heavy atom. The number of carbonyl (C=O) groups is 2. The number of benzene rings is 4. The minimum Gasteiger partial charge on any atom is -0.505 e. The first-order valence-electron chi connectivity index (χ1n) is 11.5. The van der Waals surface area contributed by atoms with Crippen LogP contribution in [-0.2, 0) is 0 Å². The molecular formula is C27H23N5O6. The van der Waals surface area contributed by atoms with E-state index in [-0.39, 0.29) is 34.2 Å². The highest BCUT2D eigenvalue weighted by Crippen LogP contribution is 2.40. The van der Waals surface area contributed by atoms with Crippen LogP contribution in [0.2, 0.25) is 0 Å². The van der Waals surface area contributed by atoms with Gasteiger partial charge < -0.3 is 20.5 Å². The first kappa shape index (κ1) is 25.8. The average Bonchev–Trinajstić information content (AvgIpc) is 2.92. The van der Waals surface area contributed by atoms with Crippen molar-refractivity contribution in [2.24, 2.45) is 10.2 Å². The molecule has 192 valence electrons. The number of nitrogens with zero attached hydrogens (tertiary/aromatic N) is 3. The molecule has 11 nitrogen and oxygen atoms in total. The summed E-state index contributed by atoms with van der Waals surface area (Å²) in [6.45, 7) is 2.15. The molecule has 11 heteroatoms. The first-order chi connectivity index (χ1) is 18.3. The molecule has 0 bridgehead atoms. The van der Waals surface area contributed by atoms with E-state index in [1.54, 1.807) is 43.3 Å². The predicted molar refractivity (Wildman–Crippen MR) is 142 cm³/mol. The molecule has 0 saturated carbocycles. The molecule has 0 aliphatic rings. The van der Waals surface area contributed by atoms with E-state index in [4.69, 9.17) is 4.74 Å². The minimum atomic E-state index is -0.693. The van der Waals surface area contributed by atoms with Crippen LogP contribution in [0.15, 0.2) is 83.0 Å². The van der Waals surface area contributed by atoms with Crippen LogP contribution in [0.5, 0.6) is 11.5 Å². The average molecular weight is 514 g/mol. The van der Waals surface area contributed by atoms with E-state index >= 15 is 0 Å². The second-order valence-electron chi connectivity index (χ2n) is 8.00. The summed E-state index contributed by atoms with van der Waals surface area (Å²) in [4.78, 5) is 35.7. The molecule has 0 heterocycles. The summed E-state index contributed by atoms with van der Waals surface area (Å²) in [5, 5.41) is 36.9. The van der Waals surface area contributed by atoms with Crippen molar-refractivity contribution in [2.75, 3.05) is 19.0 Å². The quantitative estimate of drug-likeness (QED) is 0.152. The SMILES string of the molecule is CCOc1ccc(C(=O)NC)cc1N=Nc1c(O)c(C(=O)Nc2cccc([N+](=O)[O-])c2)cc2ccccc12. The van der Waals surface area contributed by atoms with E-state index in [2.05, 4.69) is 20.9 Å². The summed E-state index contributed by atoms with van der Waals surface area (Å²) < 4.78 is 5.61. The molecule has 0 atom stereocenters. The van der Waals surface area contributed by atoms with Crippen molar-refractivity contribution in [1.29, 1.82) is 0 Å². The summed E-state index contributed by atoms with van der Waals surface area (Å²) in [6, 6.07) is 18.6. The number of ether oxygens (including phenoxy) is 1. The van der Waals surface area contributed by atoms with Crippen LogP contribution in [0, 0.1) is 10.1 Å². The summed E-state index contributed by atoms with van der Waals surface area (Å²) in [5.41, 5.74) is 0.511. The zero-order valence-electron chi connectivity index (χ0n) is 20.5. The molecule has 0 unspecified atom stereocenters. The second-order valence-corrected chi connectivity index (χ2v) is 8.00. The highest BCUT2D eigenvalue weighted by atomic mass is 16.6. The lowest BCUT2D eigenvalue weighted by molar-refractivity contribution is -0.384. The summed E-state index contributed by atoms with van der Waals surface area (Å²) in [7, 11) is 1.51. The molecule has 0 aromatic heterocycles. The Labute approximate surface area is 216 Å². The van der Waals surface area contributed by atoms with Gasteiger partial charge in [-0.15, -0.1) is 10.2 Å². The Balaban J connectivity index is 1.78. The smallest absolute Gasteiger partial charge is 0.271 e. The zero-order valence-corrected chi connectivity index (χ0v) is 20.5. The van der Waals surface area contributed by atoms with Gasteiger partial charge in [0.15, 0.2) is 5.75 Å². The normalized spacial score (nSPS) is 10.9. The molecule has 3 N–H and O–H groups in total. The third-order valence-corrected chi connectivity index (χ3v) is 5.56. The van der Waals surface area contributed by atoms with Crippen LogP contribution in [0.3, 0.4) is 0 Å². The fraction of sp³-hybridized carbons (Fsp3) is 0.111. The number of hydrogen-bond donors (Lipinski definition) is 3. The van der Waals surface area contributed by atoms with Crippen LogP contribution in [0.4, 0.5) is 22.7 Å². The molecule has 38 heavy (non-hydrogen) atoms. The zero-order chi connectivity index (χ0) is 27.2. The monoisotopic (exact) mass is 513 g/mol. The second kappa shape index (κ2) is 11.2. The topological polar surface area (TPSA) is 156 Å². The Kier molecular flexibility index (Phi) is 7.57. The maximum Gasteiger partial charge on any atom is 0.271 e. The molecule has 4 aromatic rings. The van der Waals surface area contributed by atoms with Gasteiger partial charge in [-0.1, -0.05) is 30.3 Å². The van der Waals surface area contributed by atoms with Gasteiger partial charge in [0.05, 0.1) is 17.1 Å². The molecule has 4 rings (SSSR count). The Morgan fingerprint density at radius 2 is 1.79 bits per heavy atom. The molecule has 0 aliphatic carbocycles. The van der Waals surface area contributed by atoms with Gasteiger partial charge in [0.1, 0.15) is 17.1 Å². The number of fused-ring (bicyclic) bond motifs is 1. The number of nitrogens with one attached hydrogen (secondary N) is 2. The van der Waals surface area contributed by atoms with Crippen molar-refractivity contribution in [3.8, 4) is 11.5 Å². The number of rotatable bonds is 8. The number of hydrogen-bond acceptors (Lipinski definition) is 8. The number of non-ortho nitro benzene ring substituents is 1. The molecule has 0 aliphatic heterocycles. The Hall–Kier alpha value is -5.32. The first-order valence-corrected chi connectivity index (χ1v) is 11.5. The van der Waals surface area contributed by atoms with Crippen molar-refractivity contribution in [1.82, 2.24) is 5.32 Å². The van der Waals surface area contributed by atoms with E-state index in [9.17, 15) is 24.8 Å². The lowest BCUT2D eigenvalue weighted by Gasteiger charge is -2.12. The van der Waals surface area contributed by atoms with Gasteiger partial charge in [-0.2, -0.15) is 0 Å². The molecule has 4 aromatic carbocycles. The minimum absolute atomic E-state index is 0.0279. The van der Waals surface area contributed by atoms with Gasteiger partial charge in [-0.3, -0.25) is 19.7 Å². The highest BCUT2D eigenvalue weighted by molar-refractivity contribution is 6.11. The molecule has 0 radical (unpaired) electrons. The van der Waals surface area contributed by atoms with E-state index in [1.807, 2.05) is 0 Å². The number of nitro groups is 1. The van der Waals surface area contributed by atoms with Crippen molar-refractivity contribution in [2.45, 2.75) is 6.92 Å². The number of phenolic OH excluding ortho intramolecular Hbond substituents is 1. The van der Waals surface area contributed by atoms with E-state index < -0.39 is 16.6 Å². The molecule has 0 fully saturated rings. The number of aromatic hydroxyl groups is 1. The van der Waals surface area contributed by atoms with Crippen LogP contribution in [0.25, 0.3) is 10.8 Å². The number of azo groups is 1. The van der Waals surface area contributed by atoms with Crippen LogP contribution < -0.4 is 15.4 Å². The fourth-order valence-corrected chi connectivity index (χ4v) is 3.75. The number of anilines is 1. The Bertz CT molecular complexity index is 1580. The highest BCUT2D eigenvalue weighted by Gasteiger charge is 2.20. The predicted octanol–water partition coefficient (Wildman–Crippen LogP) is 5.88. The van der Waals surface area contributed by atoms with Crippen molar-refractivity contribution in [3.63, 3.8) is 0 Å². The summed E-state index contributed by atoms with van der Waals surface area (Å²) in [5.74, 6) is -1.07. The molecule has 0 spiro atoms. The van der Waals surface area contributed by atoms with Gasteiger partial charge in [0.25, 0.3) is 17.5 Å². The van der Waals surface area contributed by atoms with Gasteiger partial charge in [0.2, 0.25) is 0 Å². The third-order valence-electron chi connectivity index (χ3n) is 5.56. The fourth-order valence-electron chi connectivity index (χ4n) is 3.75. The van der Waals surface area contributed by atoms with Crippen molar-refractivity contribution < 1.29 is 24.4 Å². The van der Waals surface area contributed by atoms with E-state index in [0.717, 1.165) is 0 Å². The third kappa shape index (κ3) is 5.41. The van der Waals surface area contributed by atoms with Gasteiger partial charge >= 0.3 is 0 Å². The van der Waals surface area contributed by atoms with Crippen LogP contribution in [0.1, 0.15) is 27.6 Å². The lowest BCUT2D eigenvalue weighted by Crippen LogP contribution is -2.17. The largest absolute Gasteiger partial charge is 0.505 e. The summed E-state index contributed by atoms with van der Waals surface area (Å²) >= 11 is 0. The van der Waals surface area contributed by atoms with Crippen molar-refractivity contribution in [3.05, 3.63) is 94.0 Å². The van der Waals surface area contributed by atoms with Gasteiger partial charge in [-0.25, -0.2) is 0 Å². The maximum absolute atomic E-state index is 13.1. The number of nitro benzene ring substituents is 1. The number of amides is 2. The van der Waals surface area contributed by atoms with Crippen molar-refractivity contribution >= 4 is 45.3 Å². The standard InChI is InChI=1S/C27H23N5O6/c1-3-38-23-12-11-17(26(34)28-2)14-22(23)30-31-24-20-10-5-4-7-16(20)13-21(25(24)33)27(35)29-18-8-6-9-19(15-18)32(36)37/h4-15,33H,3H2,1-2H3,(H,28,34)(H,29,35). The summed E-state index contributed by atoms with van der Waals surface area (Å²) in [6.07, 6.45) is 0. The Morgan fingerprint density at radius 1 is 1.00 bits per heavy atom. The maximum atomic E-state index is 13.1.